The summed E-state index contributed by atoms with van der Waals surface area (Å²) >= 11 is 0. The number of carbonyl (C=O) groups is 1. The highest BCUT2D eigenvalue weighted by molar-refractivity contribution is 5.98. The molecule has 2 heterocycles. The molecule has 0 spiro atoms. The van der Waals surface area contributed by atoms with Crippen molar-refractivity contribution < 1.29 is 36.6 Å². The second kappa shape index (κ2) is 9.10. The highest BCUT2D eigenvalue weighted by Gasteiger charge is 2.56. The standard InChI is InChI=1S/C25H20F4N2O4/c1-14-11-16(3-5-17(14)26)23-20(34-2)7-8-22(31-23)24(33,25(27,28)29)10-9-19(32)15-4-6-18-21(12-15)35-13-30-18/h3-8,11-13,33H,9-10H2,1-2H3. The number of halogens is 4. The van der Waals surface area contributed by atoms with Gasteiger partial charge in [-0.3, -0.25) is 4.79 Å². The molecule has 0 saturated heterocycles. The number of hydrogen-bond donors (Lipinski definition) is 1. The van der Waals surface area contributed by atoms with Crippen LogP contribution in [0.25, 0.3) is 22.4 Å². The van der Waals surface area contributed by atoms with Crippen LogP contribution >= 0.6 is 0 Å². The number of oxazole rings is 1. The van der Waals surface area contributed by atoms with E-state index in [9.17, 15) is 27.5 Å². The summed E-state index contributed by atoms with van der Waals surface area (Å²) in [6.45, 7) is 1.50. The van der Waals surface area contributed by atoms with Crippen LogP contribution in [0.1, 0.15) is 34.5 Å². The van der Waals surface area contributed by atoms with Crippen LogP contribution < -0.4 is 4.74 Å². The Bertz CT molecular complexity index is 1400. The Balaban J connectivity index is 1.69. The molecule has 0 radical (unpaired) electrons. The summed E-state index contributed by atoms with van der Waals surface area (Å²) in [4.78, 5) is 20.6. The predicted molar refractivity (Wildman–Crippen MR) is 118 cm³/mol. The van der Waals surface area contributed by atoms with Gasteiger partial charge in [0.05, 0.1) is 12.8 Å². The predicted octanol–water partition coefficient (Wildman–Crippen LogP) is 5.76. The smallest absolute Gasteiger partial charge is 0.422 e. The fourth-order valence-corrected chi connectivity index (χ4v) is 3.72. The van der Waals surface area contributed by atoms with Gasteiger partial charge in [-0.25, -0.2) is 14.4 Å². The van der Waals surface area contributed by atoms with Crippen LogP contribution in [-0.4, -0.2) is 34.1 Å². The molecule has 0 aliphatic heterocycles. The topological polar surface area (TPSA) is 85.5 Å². The molecule has 1 N–H and O–H groups in total. The number of aliphatic hydroxyl groups is 1. The molecule has 1 unspecified atom stereocenters. The third-order valence-corrected chi connectivity index (χ3v) is 5.77. The molecule has 6 nitrogen and oxygen atoms in total. The van der Waals surface area contributed by atoms with E-state index in [1.165, 1.54) is 62.9 Å². The van der Waals surface area contributed by atoms with Gasteiger partial charge < -0.3 is 14.3 Å². The van der Waals surface area contributed by atoms with Crippen molar-refractivity contribution in [3.63, 3.8) is 0 Å². The third kappa shape index (κ3) is 4.61. The van der Waals surface area contributed by atoms with Crippen molar-refractivity contribution in [3.05, 3.63) is 77.6 Å². The molecule has 2 aromatic carbocycles. The summed E-state index contributed by atoms with van der Waals surface area (Å²) in [5.74, 6) is -0.965. The molecular weight excluding hydrogens is 468 g/mol. The zero-order valence-corrected chi connectivity index (χ0v) is 18.7. The minimum Gasteiger partial charge on any atom is -0.494 e. The van der Waals surface area contributed by atoms with E-state index in [2.05, 4.69) is 9.97 Å². The largest absolute Gasteiger partial charge is 0.494 e. The van der Waals surface area contributed by atoms with E-state index in [1.807, 2.05) is 0 Å². The minimum atomic E-state index is -5.14. The lowest BCUT2D eigenvalue weighted by Gasteiger charge is -2.30. The molecule has 0 saturated carbocycles. The van der Waals surface area contributed by atoms with Crippen molar-refractivity contribution in [1.82, 2.24) is 9.97 Å². The Kier molecular flexibility index (Phi) is 6.33. The molecule has 0 aliphatic rings. The van der Waals surface area contributed by atoms with Crippen molar-refractivity contribution in [2.24, 2.45) is 0 Å². The minimum absolute atomic E-state index is 0.00197. The average Bonchev–Trinajstić information content (AvgIpc) is 3.31. The van der Waals surface area contributed by atoms with Crippen LogP contribution in [0.15, 0.2) is 59.3 Å². The third-order valence-electron chi connectivity index (χ3n) is 5.77. The second-order valence-electron chi connectivity index (χ2n) is 8.03. The van der Waals surface area contributed by atoms with Gasteiger partial charge in [0, 0.05) is 17.5 Å². The maximum absolute atomic E-state index is 14.1. The van der Waals surface area contributed by atoms with Gasteiger partial charge in [0.2, 0.25) is 5.60 Å². The number of benzene rings is 2. The highest BCUT2D eigenvalue weighted by Crippen LogP contribution is 2.43. The van der Waals surface area contributed by atoms with E-state index in [-0.39, 0.29) is 22.6 Å². The summed E-state index contributed by atoms with van der Waals surface area (Å²) in [6, 6.07) is 10.5. The first-order valence-electron chi connectivity index (χ1n) is 10.5. The van der Waals surface area contributed by atoms with Crippen LogP contribution in [0, 0.1) is 12.7 Å². The molecular formula is C25H20F4N2O4. The van der Waals surface area contributed by atoms with Gasteiger partial charge in [-0.05, 0) is 67.4 Å². The Hall–Kier alpha value is -3.79. The lowest BCUT2D eigenvalue weighted by atomic mass is 9.89. The van der Waals surface area contributed by atoms with Crippen LogP contribution in [0.2, 0.25) is 0 Å². The van der Waals surface area contributed by atoms with E-state index in [0.717, 1.165) is 6.07 Å². The quantitative estimate of drug-likeness (QED) is 0.263. The Labute approximate surface area is 197 Å². The number of methoxy groups -OCH3 is 1. The maximum atomic E-state index is 14.1. The zero-order chi connectivity index (χ0) is 25.4. The van der Waals surface area contributed by atoms with Crippen molar-refractivity contribution in [2.75, 3.05) is 7.11 Å². The van der Waals surface area contributed by atoms with Crippen LogP contribution in [0.3, 0.4) is 0 Å². The summed E-state index contributed by atoms with van der Waals surface area (Å²) in [5.41, 5.74) is -2.61. The number of ether oxygens (including phenoxy) is 1. The van der Waals surface area contributed by atoms with Crippen molar-refractivity contribution >= 4 is 16.9 Å². The Morgan fingerprint density at radius 2 is 1.89 bits per heavy atom. The molecule has 1 atom stereocenters. The monoisotopic (exact) mass is 488 g/mol. The number of Topliss-reactive ketones (excluding diaryl/α,β-unsaturated/α-hetero) is 1. The average molecular weight is 488 g/mol. The molecule has 4 aromatic rings. The van der Waals surface area contributed by atoms with Crippen molar-refractivity contribution in [1.29, 1.82) is 0 Å². The highest BCUT2D eigenvalue weighted by atomic mass is 19.4. The summed E-state index contributed by atoms with van der Waals surface area (Å²) < 4.78 is 66.5. The summed E-state index contributed by atoms with van der Waals surface area (Å²) in [7, 11) is 1.32. The second-order valence-corrected chi connectivity index (χ2v) is 8.03. The fourth-order valence-electron chi connectivity index (χ4n) is 3.72. The molecule has 35 heavy (non-hydrogen) atoms. The van der Waals surface area contributed by atoms with Gasteiger partial charge in [-0.1, -0.05) is 0 Å². The lowest BCUT2D eigenvalue weighted by molar-refractivity contribution is -0.270. The number of ketones is 1. The van der Waals surface area contributed by atoms with Crippen LogP contribution in [0.4, 0.5) is 17.6 Å². The number of aryl methyl sites for hydroxylation is 1. The van der Waals surface area contributed by atoms with E-state index in [0.29, 0.717) is 16.7 Å². The van der Waals surface area contributed by atoms with Gasteiger partial charge in [0.25, 0.3) is 0 Å². The molecule has 0 aliphatic carbocycles. The van der Waals surface area contributed by atoms with Gasteiger partial charge in [-0.15, -0.1) is 0 Å². The maximum Gasteiger partial charge on any atom is 0.422 e. The van der Waals surface area contributed by atoms with Crippen LogP contribution in [-0.2, 0) is 5.60 Å². The first-order chi connectivity index (χ1) is 16.5. The Morgan fingerprint density at radius 1 is 1.11 bits per heavy atom. The number of pyridine rings is 1. The number of hydrogen-bond acceptors (Lipinski definition) is 6. The first-order valence-corrected chi connectivity index (χ1v) is 10.5. The van der Waals surface area contributed by atoms with E-state index in [4.69, 9.17) is 9.15 Å². The molecule has 182 valence electrons. The number of fused-ring (bicyclic) bond motifs is 1. The fraction of sp³-hybridized carbons (Fsp3) is 0.240. The van der Waals surface area contributed by atoms with E-state index >= 15 is 0 Å². The van der Waals surface area contributed by atoms with Gasteiger partial charge in [0.15, 0.2) is 17.8 Å². The van der Waals surface area contributed by atoms with E-state index in [1.54, 1.807) is 0 Å². The molecule has 0 amide bonds. The van der Waals surface area contributed by atoms with Crippen molar-refractivity contribution in [3.8, 4) is 17.0 Å². The number of aromatic nitrogens is 2. The molecule has 4 rings (SSSR count). The Morgan fingerprint density at radius 3 is 2.57 bits per heavy atom. The molecule has 0 fully saturated rings. The normalized spacial score (nSPS) is 13.6. The van der Waals surface area contributed by atoms with Crippen LogP contribution in [0.5, 0.6) is 5.75 Å². The number of rotatable bonds is 7. The molecule has 2 aromatic heterocycles. The number of carbonyl (C=O) groups excluding carboxylic acids is 1. The number of alkyl halides is 3. The summed E-state index contributed by atoms with van der Waals surface area (Å²) in [6.07, 6.45) is -5.53. The van der Waals surface area contributed by atoms with E-state index < -0.39 is 41.9 Å². The van der Waals surface area contributed by atoms with Crippen molar-refractivity contribution in [2.45, 2.75) is 31.5 Å². The first kappa shape index (κ1) is 24.3. The summed E-state index contributed by atoms with van der Waals surface area (Å²) in [5, 5.41) is 10.8. The molecule has 0 bridgehead atoms. The van der Waals surface area contributed by atoms with Gasteiger partial charge in [0.1, 0.15) is 22.8 Å². The molecule has 10 heteroatoms. The zero-order valence-electron chi connectivity index (χ0n) is 18.7. The SMILES string of the molecule is COc1ccc(C(O)(CCC(=O)c2ccc3ncoc3c2)C(F)(F)F)nc1-c1ccc(F)c(C)c1. The lowest BCUT2D eigenvalue weighted by Crippen LogP contribution is -2.43. The van der Waals surface area contributed by atoms with Gasteiger partial charge in [-0.2, -0.15) is 13.2 Å². The number of nitrogens with zero attached hydrogens (tertiary/aromatic N) is 2. The van der Waals surface area contributed by atoms with Gasteiger partial charge >= 0.3 is 6.18 Å².